The number of fused-ring (bicyclic) bond motifs is 1. The summed E-state index contributed by atoms with van der Waals surface area (Å²) in [6.45, 7) is 7.78. The zero-order chi connectivity index (χ0) is 21.7. The summed E-state index contributed by atoms with van der Waals surface area (Å²) in [6.07, 6.45) is 2.82. The van der Waals surface area contributed by atoms with Gasteiger partial charge in [0, 0.05) is 30.4 Å². The molecule has 1 fully saturated rings. The highest BCUT2D eigenvalue weighted by Crippen LogP contribution is 2.25. The summed E-state index contributed by atoms with van der Waals surface area (Å²) in [7, 11) is 0. The molecule has 0 spiro atoms. The molecule has 3 amide bonds. The van der Waals surface area contributed by atoms with Gasteiger partial charge in [0.2, 0.25) is 5.91 Å². The van der Waals surface area contributed by atoms with Crippen molar-refractivity contribution in [2.45, 2.75) is 25.7 Å². The summed E-state index contributed by atoms with van der Waals surface area (Å²) in [5.74, 6) is 3.82. The molecule has 2 aliphatic rings. The minimum Gasteiger partial charge on any atom is -0.330 e. The van der Waals surface area contributed by atoms with Gasteiger partial charge in [0.25, 0.3) is 11.8 Å². The van der Waals surface area contributed by atoms with Crippen molar-refractivity contribution in [2.75, 3.05) is 11.4 Å². The van der Waals surface area contributed by atoms with Crippen molar-refractivity contribution in [2.24, 2.45) is 0 Å². The van der Waals surface area contributed by atoms with Crippen molar-refractivity contribution in [3.63, 3.8) is 0 Å². The lowest BCUT2D eigenvalue weighted by Gasteiger charge is -2.26. The van der Waals surface area contributed by atoms with Gasteiger partial charge >= 0.3 is 5.97 Å². The molecule has 1 aromatic carbocycles. The van der Waals surface area contributed by atoms with E-state index in [-0.39, 0.29) is 38.1 Å². The van der Waals surface area contributed by atoms with Gasteiger partial charge in [-0.25, -0.2) is 4.79 Å². The minimum absolute atomic E-state index is 0.0128. The predicted octanol–water partition coefficient (Wildman–Crippen LogP) is 2.44. The number of para-hydroxylation sites is 1. The molecular weight excluding hydrogens is 384 g/mol. The van der Waals surface area contributed by atoms with Crippen molar-refractivity contribution < 1.29 is 24.0 Å². The van der Waals surface area contributed by atoms with Crippen LogP contribution in [0.5, 0.6) is 0 Å². The van der Waals surface area contributed by atoms with Crippen molar-refractivity contribution >= 4 is 29.4 Å². The van der Waals surface area contributed by atoms with Crippen LogP contribution in [-0.4, -0.2) is 35.3 Å². The smallest absolute Gasteiger partial charge is 0.330 e. The second-order valence-electron chi connectivity index (χ2n) is 6.64. The van der Waals surface area contributed by atoms with Crippen LogP contribution in [0, 0.1) is 11.8 Å². The van der Waals surface area contributed by atoms with Gasteiger partial charge < -0.3 is 9.74 Å². The molecule has 0 N–H and O–H groups in total. The van der Waals surface area contributed by atoms with E-state index < -0.39 is 17.8 Å². The SMILES string of the molecule is C=C/C1=C(\C=C)CN(C(=O)CCC(=O)ON2C(=O)CCC2=O)c2ccccc2C#C1. The number of amides is 3. The molecule has 2 aliphatic heterocycles. The van der Waals surface area contributed by atoms with Gasteiger partial charge in [-0.3, -0.25) is 14.4 Å². The summed E-state index contributed by atoms with van der Waals surface area (Å²) in [6, 6.07) is 7.21. The molecule has 0 unspecified atom stereocenters. The van der Waals surface area contributed by atoms with Crippen molar-refractivity contribution in [1.82, 2.24) is 5.06 Å². The van der Waals surface area contributed by atoms with E-state index in [1.54, 1.807) is 30.4 Å². The Bertz CT molecular complexity index is 1030. The lowest BCUT2D eigenvalue weighted by molar-refractivity contribution is -0.197. The quantitative estimate of drug-likeness (QED) is 0.537. The van der Waals surface area contributed by atoms with E-state index in [2.05, 4.69) is 25.0 Å². The first-order chi connectivity index (χ1) is 14.4. The maximum absolute atomic E-state index is 13.0. The van der Waals surface area contributed by atoms with Crippen LogP contribution in [0.1, 0.15) is 31.2 Å². The number of carbonyl (C=O) groups is 4. The number of hydrogen-bond acceptors (Lipinski definition) is 5. The van der Waals surface area contributed by atoms with Crippen LogP contribution >= 0.6 is 0 Å². The van der Waals surface area contributed by atoms with Crippen molar-refractivity contribution in [3.05, 3.63) is 66.3 Å². The largest absolute Gasteiger partial charge is 0.333 e. The first-order valence-electron chi connectivity index (χ1n) is 9.40. The van der Waals surface area contributed by atoms with Gasteiger partial charge in [0.15, 0.2) is 0 Å². The second-order valence-corrected chi connectivity index (χ2v) is 6.64. The predicted molar refractivity (Wildman–Crippen MR) is 110 cm³/mol. The van der Waals surface area contributed by atoms with Gasteiger partial charge in [-0.2, -0.15) is 0 Å². The first kappa shape index (κ1) is 20.8. The Morgan fingerprint density at radius 1 is 1.03 bits per heavy atom. The van der Waals surface area contributed by atoms with E-state index in [9.17, 15) is 19.2 Å². The van der Waals surface area contributed by atoms with E-state index >= 15 is 0 Å². The van der Waals surface area contributed by atoms with Gasteiger partial charge in [0.05, 0.1) is 18.7 Å². The molecule has 1 saturated heterocycles. The number of anilines is 1. The van der Waals surface area contributed by atoms with Crippen LogP contribution in [0.2, 0.25) is 0 Å². The topological polar surface area (TPSA) is 84.0 Å². The van der Waals surface area contributed by atoms with Crippen LogP contribution in [0.15, 0.2) is 60.7 Å². The molecule has 0 aliphatic carbocycles. The maximum atomic E-state index is 13.0. The fourth-order valence-electron chi connectivity index (χ4n) is 3.10. The highest BCUT2D eigenvalue weighted by Gasteiger charge is 2.33. The van der Waals surface area contributed by atoms with E-state index in [1.807, 2.05) is 6.07 Å². The molecule has 0 saturated carbocycles. The molecule has 3 rings (SSSR count). The molecule has 1 aromatic rings. The van der Waals surface area contributed by atoms with Gasteiger partial charge in [0.1, 0.15) is 0 Å². The standard InChI is InChI=1S/C23H20N2O5/c1-3-16-9-10-18-7-5-6-8-19(18)24(15-17(16)4-2)20(26)13-14-23(29)30-25-21(27)11-12-22(25)28/h3-8H,1-2,11-15H2/b17-16-. The van der Waals surface area contributed by atoms with Crippen LogP contribution in [-0.2, 0) is 24.0 Å². The van der Waals surface area contributed by atoms with E-state index in [0.29, 0.717) is 21.9 Å². The van der Waals surface area contributed by atoms with E-state index in [1.165, 1.54) is 4.90 Å². The Labute approximate surface area is 174 Å². The van der Waals surface area contributed by atoms with Crippen LogP contribution in [0.3, 0.4) is 0 Å². The van der Waals surface area contributed by atoms with E-state index in [0.717, 1.165) is 5.57 Å². The third-order valence-electron chi connectivity index (χ3n) is 4.69. The molecule has 0 bridgehead atoms. The molecular formula is C23H20N2O5. The Kier molecular flexibility index (Phi) is 6.28. The normalized spacial score (nSPS) is 18.0. The van der Waals surface area contributed by atoms with Gasteiger partial charge in [-0.15, -0.1) is 5.06 Å². The molecule has 2 heterocycles. The van der Waals surface area contributed by atoms with Gasteiger partial charge in [-0.05, 0) is 17.7 Å². The zero-order valence-electron chi connectivity index (χ0n) is 16.3. The lowest BCUT2D eigenvalue weighted by atomic mass is 10.0. The Morgan fingerprint density at radius 2 is 1.73 bits per heavy atom. The minimum atomic E-state index is -0.821. The number of allylic oxidation sites excluding steroid dienone is 2. The second kappa shape index (κ2) is 9.05. The third-order valence-corrected chi connectivity index (χ3v) is 4.69. The Balaban J connectivity index is 1.77. The van der Waals surface area contributed by atoms with Crippen LogP contribution < -0.4 is 4.90 Å². The summed E-state index contributed by atoms with van der Waals surface area (Å²) in [4.78, 5) is 54.5. The summed E-state index contributed by atoms with van der Waals surface area (Å²) >= 11 is 0. The number of benzene rings is 1. The fraction of sp³-hybridized carbons (Fsp3) is 0.217. The number of rotatable bonds is 6. The van der Waals surface area contributed by atoms with Crippen molar-refractivity contribution in [3.8, 4) is 11.8 Å². The third kappa shape index (κ3) is 4.39. The lowest BCUT2D eigenvalue weighted by Crippen LogP contribution is -2.35. The molecule has 30 heavy (non-hydrogen) atoms. The summed E-state index contributed by atoms with van der Waals surface area (Å²) in [5.41, 5.74) is 2.69. The van der Waals surface area contributed by atoms with Crippen molar-refractivity contribution in [1.29, 1.82) is 0 Å². The molecule has 152 valence electrons. The zero-order valence-corrected chi connectivity index (χ0v) is 16.3. The molecule has 0 atom stereocenters. The fourth-order valence-corrected chi connectivity index (χ4v) is 3.10. The Hall–Kier alpha value is -3.92. The molecule has 0 aromatic heterocycles. The summed E-state index contributed by atoms with van der Waals surface area (Å²) < 4.78 is 0. The Morgan fingerprint density at radius 3 is 2.40 bits per heavy atom. The maximum Gasteiger partial charge on any atom is 0.333 e. The van der Waals surface area contributed by atoms with Crippen LogP contribution in [0.25, 0.3) is 0 Å². The van der Waals surface area contributed by atoms with E-state index in [4.69, 9.17) is 4.84 Å². The average molecular weight is 404 g/mol. The molecule has 0 radical (unpaired) electrons. The number of carbonyl (C=O) groups excluding carboxylic acids is 4. The number of imide groups is 1. The molecule has 7 heteroatoms. The monoisotopic (exact) mass is 404 g/mol. The highest BCUT2D eigenvalue weighted by molar-refractivity contribution is 6.02. The number of nitrogens with zero attached hydrogens (tertiary/aromatic N) is 2. The average Bonchev–Trinajstić information content (AvgIpc) is 3.05. The number of hydrogen-bond donors (Lipinski definition) is 0. The highest BCUT2D eigenvalue weighted by atomic mass is 16.7. The number of hydroxylamine groups is 2. The van der Waals surface area contributed by atoms with Gasteiger partial charge in [-0.1, -0.05) is 49.3 Å². The first-order valence-corrected chi connectivity index (χ1v) is 9.40. The summed E-state index contributed by atoms with van der Waals surface area (Å²) in [5, 5.41) is 0.475. The van der Waals surface area contributed by atoms with Crippen LogP contribution in [0.4, 0.5) is 5.69 Å². The molecule has 7 nitrogen and oxygen atoms in total.